The number of carbonyl (C=O) groups is 1. The van der Waals surface area contributed by atoms with Crippen molar-refractivity contribution in [1.82, 2.24) is 14.9 Å². The first-order chi connectivity index (χ1) is 11.0. The predicted molar refractivity (Wildman–Crippen MR) is 81.5 cm³/mol. The Hall–Kier alpha value is -2.90. The molecule has 1 heterocycles. The molecule has 122 valence electrons. The molecule has 23 heavy (non-hydrogen) atoms. The number of aromatic amines is 1. The van der Waals surface area contributed by atoms with Crippen molar-refractivity contribution in [1.29, 1.82) is 0 Å². The van der Waals surface area contributed by atoms with Crippen LogP contribution in [0.4, 0.5) is 4.39 Å². The molecular formula is C15H16FN3O4. The molecule has 0 spiro atoms. The number of hydrogen-bond acceptors (Lipinski definition) is 4. The number of para-hydroxylation sites is 1. The minimum Gasteiger partial charge on any atom is -0.493 e. The van der Waals surface area contributed by atoms with Gasteiger partial charge in [-0.15, -0.1) is 0 Å². The van der Waals surface area contributed by atoms with E-state index in [-0.39, 0.29) is 5.69 Å². The predicted octanol–water partition coefficient (Wildman–Crippen LogP) is 0.900. The monoisotopic (exact) mass is 321 g/mol. The van der Waals surface area contributed by atoms with Gasteiger partial charge in [0, 0.05) is 6.54 Å². The molecule has 0 aliphatic heterocycles. The molecule has 1 aromatic heterocycles. The lowest BCUT2D eigenvalue weighted by Gasteiger charge is -2.12. The molecule has 0 unspecified atom stereocenters. The van der Waals surface area contributed by atoms with Crippen molar-refractivity contribution >= 4 is 5.91 Å². The average Bonchev–Trinajstić information content (AvgIpc) is 2.49. The highest BCUT2D eigenvalue weighted by molar-refractivity contribution is 5.96. The average molecular weight is 321 g/mol. The van der Waals surface area contributed by atoms with Crippen LogP contribution in [-0.2, 0) is 0 Å². The topological polar surface area (TPSA) is 104 Å². The maximum Gasteiger partial charge on any atom is 0.335 e. The van der Waals surface area contributed by atoms with Gasteiger partial charge >= 0.3 is 5.69 Å². The standard InChI is InChI=1S/C15H16FN3O4/c1-2-3-8-17-12(20)11-13(21)18-15(23)19(14(11)22)10-7-5-4-6-9(10)16/h4-7,22H,2-3,8H2,1H3,(H,17,20)(H,18,21,23). The summed E-state index contributed by atoms with van der Waals surface area (Å²) in [7, 11) is 0. The second-order valence-electron chi connectivity index (χ2n) is 4.85. The SMILES string of the molecule is CCCCNC(=O)c1c(O)n(-c2ccccc2F)c(=O)[nH]c1=O. The van der Waals surface area contributed by atoms with Crippen LogP contribution in [0.2, 0.25) is 0 Å². The molecule has 0 radical (unpaired) electrons. The van der Waals surface area contributed by atoms with E-state index in [0.717, 1.165) is 12.5 Å². The number of H-pyrrole nitrogens is 1. The minimum absolute atomic E-state index is 0.270. The van der Waals surface area contributed by atoms with E-state index < -0.39 is 34.4 Å². The number of nitrogens with zero attached hydrogens (tertiary/aromatic N) is 1. The van der Waals surface area contributed by atoms with Crippen LogP contribution in [0.25, 0.3) is 5.69 Å². The fraction of sp³-hybridized carbons (Fsp3) is 0.267. The van der Waals surface area contributed by atoms with Crippen molar-refractivity contribution < 1.29 is 14.3 Å². The van der Waals surface area contributed by atoms with Crippen LogP contribution in [0.5, 0.6) is 5.88 Å². The van der Waals surface area contributed by atoms with Crippen LogP contribution >= 0.6 is 0 Å². The summed E-state index contributed by atoms with van der Waals surface area (Å²) in [4.78, 5) is 37.7. The Morgan fingerprint density at radius 3 is 2.70 bits per heavy atom. The number of aromatic hydroxyl groups is 1. The summed E-state index contributed by atoms with van der Waals surface area (Å²) < 4.78 is 14.4. The Labute approximate surface area is 130 Å². The van der Waals surface area contributed by atoms with Gasteiger partial charge in [0.15, 0.2) is 5.56 Å². The first-order valence-corrected chi connectivity index (χ1v) is 7.08. The number of amides is 1. The summed E-state index contributed by atoms with van der Waals surface area (Å²) in [6.45, 7) is 2.24. The van der Waals surface area contributed by atoms with Crippen molar-refractivity contribution in [2.75, 3.05) is 6.54 Å². The van der Waals surface area contributed by atoms with Crippen molar-refractivity contribution in [3.63, 3.8) is 0 Å². The molecule has 0 aliphatic carbocycles. The zero-order chi connectivity index (χ0) is 17.0. The van der Waals surface area contributed by atoms with Gasteiger partial charge in [0.2, 0.25) is 5.88 Å². The highest BCUT2D eigenvalue weighted by Crippen LogP contribution is 2.18. The van der Waals surface area contributed by atoms with E-state index in [9.17, 15) is 23.9 Å². The quantitative estimate of drug-likeness (QED) is 0.712. The van der Waals surface area contributed by atoms with E-state index >= 15 is 0 Å². The number of aromatic nitrogens is 2. The molecular weight excluding hydrogens is 305 g/mol. The Bertz CT molecular complexity index is 841. The molecule has 8 heteroatoms. The molecule has 1 amide bonds. The Morgan fingerprint density at radius 2 is 2.04 bits per heavy atom. The zero-order valence-corrected chi connectivity index (χ0v) is 12.4. The third kappa shape index (κ3) is 3.31. The van der Waals surface area contributed by atoms with Crippen molar-refractivity contribution in [3.8, 4) is 11.6 Å². The Kier molecular flexibility index (Phi) is 4.95. The number of unbranched alkanes of at least 4 members (excludes halogenated alkanes) is 1. The van der Waals surface area contributed by atoms with Gasteiger partial charge in [-0.25, -0.2) is 13.8 Å². The third-order valence-corrected chi connectivity index (χ3v) is 3.22. The smallest absolute Gasteiger partial charge is 0.335 e. The molecule has 0 saturated heterocycles. The highest BCUT2D eigenvalue weighted by Gasteiger charge is 2.22. The van der Waals surface area contributed by atoms with Crippen molar-refractivity contribution in [3.05, 3.63) is 56.5 Å². The normalized spacial score (nSPS) is 10.5. The summed E-state index contributed by atoms with van der Waals surface area (Å²) in [5.41, 5.74) is -2.98. The second-order valence-corrected chi connectivity index (χ2v) is 4.85. The molecule has 0 saturated carbocycles. The van der Waals surface area contributed by atoms with E-state index in [2.05, 4.69) is 5.32 Å². The number of halogens is 1. The molecule has 7 nitrogen and oxygen atoms in total. The maximum atomic E-state index is 13.9. The van der Waals surface area contributed by atoms with Crippen LogP contribution in [0, 0.1) is 5.82 Å². The van der Waals surface area contributed by atoms with Gasteiger partial charge in [-0.2, -0.15) is 0 Å². The van der Waals surface area contributed by atoms with E-state index in [1.54, 1.807) is 0 Å². The minimum atomic E-state index is -1.04. The summed E-state index contributed by atoms with van der Waals surface area (Å²) in [5.74, 6) is -2.52. The molecule has 1 aromatic carbocycles. The summed E-state index contributed by atoms with van der Waals surface area (Å²) in [5, 5.41) is 12.6. The first kappa shape index (κ1) is 16.5. The van der Waals surface area contributed by atoms with Gasteiger partial charge in [-0.3, -0.25) is 14.6 Å². The molecule has 0 bridgehead atoms. The maximum absolute atomic E-state index is 13.9. The van der Waals surface area contributed by atoms with Crippen LogP contribution in [0.3, 0.4) is 0 Å². The number of hydrogen-bond donors (Lipinski definition) is 3. The lowest BCUT2D eigenvalue weighted by Crippen LogP contribution is -2.37. The molecule has 2 rings (SSSR count). The Balaban J connectivity index is 2.57. The van der Waals surface area contributed by atoms with E-state index in [0.29, 0.717) is 17.5 Å². The van der Waals surface area contributed by atoms with Gasteiger partial charge in [-0.05, 0) is 18.6 Å². The Morgan fingerprint density at radius 1 is 1.35 bits per heavy atom. The molecule has 0 fully saturated rings. The molecule has 2 aromatic rings. The summed E-state index contributed by atoms with van der Waals surface area (Å²) in [6.07, 6.45) is 1.52. The van der Waals surface area contributed by atoms with Crippen LogP contribution in [-0.4, -0.2) is 27.1 Å². The zero-order valence-electron chi connectivity index (χ0n) is 12.4. The van der Waals surface area contributed by atoms with Gasteiger partial charge < -0.3 is 10.4 Å². The van der Waals surface area contributed by atoms with Crippen LogP contribution in [0.15, 0.2) is 33.9 Å². The number of carbonyl (C=O) groups excluding carboxylic acids is 1. The van der Waals surface area contributed by atoms with E-state index in [1.165, 1.54) is 18.2 Å². The van der Waals surface area contributed by atoms with Gasteiger partial charge in [0.25, 0.3) is 11.5 Å². The third-order valence-electron chi connectivity index (χ3n) is 3.22. The summed E-state index contributed by atoms with van der Waals surface area (Å²) >= 11 is 0. The second kappa shape index (κ2) is 6.91. The van der Waals surface area contributed by atoms with Gasteiger partial charge in [0.05, 0.1) is 5.69 Å². The van der Waals surface area contributed by atoms with Gasteiger partial charge in [-0.1, -0.05) is 25.5 Å². The summed E-state index contributed by atoms with van der Waals surface area (Å²) in [6, 6.07) is 5.20. The van der Waals surface area contributed by atoms with E-state index in [4.69, 9.17) is 0 Å². The number of nitrogens with one attached hydrogen (secondary N) is 2. The largest absolute Gasteiger partial charge is 0.493 e. The number of benzene rings is 1. The lowest BCUT2D eigenvalue weighted by molar-refractivity contribution is 0.0947. The lowest BCUT2D eigenvalue weighted by atomic mass is 10.2. The number of rotatable bonds is 5. The highest BCUT2D eigenvalue weighted by atomic mass is 19.1. The molecule has 0 atom stereocenters. The van der Waals surface area contributed by atoms with E-state index in [1.807, 2.05) is 11.9 Å². The fourth-order valence-electron chi connectivity index (χ4n) is 2.05. The van der Waals surface area contributed by atoms with Crippen LogP contribution < -0.4 is 16.6 Å². The van der Waals surface area contributed by atoms with Crippen LogP contribution in [0.1, 0.15) is 30.1 Å². The fourth-order valence-corrected chi connectivity index (χ4v) is 2.05. The van der Waals surface area contributed by atoms with Crippen molar-refractivity contribution in [2.45, 2.75) is 19.8 Å². The first-order valence-electron chi connectivity index (χ1n) is 7.08. The van der Waals surface area contributed by atoms with Crippen molar-refractivity contribution in [2.24, 2.45) is 0 Å². The van der Waals surface area contributed by atoms with Gasteiger partial charge in [0.1, 0.15) is 5.82 Å². The molecule has 3 N–H and O–H groups in total. The molecule has 0 aliphatic rings.